The zero-order chi connectivity index (χ0) is 19.8. The van der Waals surface area contributed by atoms with Crippen LogP contribution in [-0.2, 0) is 0 Å². The molecule has 4 rings (SSSR count). The lowest BCUT2D eigenvalue weighted by atomic mass is 10.2. The maximum atomic E-state index is 13.0. The molecule has 1 amide bonds. The summed E-state index contributed by atoms with van der Waals surface area (Å²) < 4.78 is 1.70. The van der Waals surface area contributed by atoms with Gasteiger partial charge in [-0.1, -0.05) is 42.8 Å². The molecule has 2 aromatic heterocycles. The summed E-state index contributed by atoms with van der Waals surface area (Å²) in [5, 5.41) is 3.48. The van der Waals surface area contributed by atoms with E-state index >= 15 is 0 Å². The molecule has 0 saturated heterocycles. The third-order valence-corrected chi connectivity index (χ3v) is 5.13. The van der Waals surface area contributed by atoms with E-state index in [2.05, 4.69) is 5.32 Å². The standard InChI is InChI=1S/C21H20ClN5O/c1-3-12(2)24-21(28)17-18-20(26-15-10-6-5-9-14(15)25-18)27(19(17)23)16-11-7-4-8-13(16)22/h4-12H,3,23H2,1-2H3,(H,24,28). The predicted molar refractivity (Wildman–Crippen MR) is 113 cm³/mol. The van der Waals surface area contributed by atoms with Crippen molar-refractivity contribution in [3.63, 3.8) is 0 Å². The second-order valence-corrected chi connectivity index (χ2v) is 7.12. The van der Waals surface area contributed by atoms with Gasteiger partial charge in [0.05, 0.1) is 21.7 Å². The molecule has 3 N–H and O–H groups in total. The maximum Gasteiger partial charge on any atom is 0.257 e. The number of benzene rings is 2. The number of para-hydroxylation sites is 3. The van der Waals surface area contributed by atoms with Crippen molar-refractivity contribution in [1.82, 2.24) is 19.9 Å². The van der Waals surface area contributed by atoms with Gasteiger partial charge in [-0.05, 0) is 37.6 Å². The molecule has 142 valence electrons. The monoisotopic (exact) mass is 393 g/mol. The number of aromatic nitrogens is 3. The molecule has 0 bridgehead atoms. The van der Waals surface area contributed by atoms with Crippen LogP contribution in [0.2, 0.25) is 5.02 Å². The van der Waals surface area contributed by atoms with Crippen molar-refractivity contribution < 1.29 is 4.79 Å². The Morgan fingerprint density at radius 1 is 1.14 bits per heavy atom. The van der Waals surface area contributed by atoms with Gasteiger partial charge in [0.2, 0.25) is 0 Å². The first kappa shape index (κ1) is 18.3. The van der Waals surface area contributed by atoms with Gasteiger partial charge in [-0.25, -0.2) is 9.97 Å². The summed E-state index contributed by atoms with van der Waals surface area (Å²) in [4.78, 5) is 22.5. The molecule has 1 atom stereocenters. The van der Waals surface area contributed by atoms with Gasteiger partial charge in [-0.15, -0.1) is 0 Å². The maximum absolute atomic E-state index is 13.0. The summed E-state index contributed by atoms with van der Waals surface area (Å²) in [5.41, 5.74) is 9.80. The van der Waals surface area contributed by atoms with E-state index in [-0.39, 0.29) is 17.8 Å². The number of rotatable bonds is 4. The summed E-state index contributed by atoms with van der Waals surface area (Å²) in [6, 6.07) is 14.8. The molecule has 0 radical (unpaired) electrons. The average molecular weight is 394 g/mol. The first-order valence-corrected chi connectivity index (χ1v) is 9.51. The number of nitrogens with two attached hydrogens (primary N) is 1. The van der Waals surface area contributed by atoms with Crippen LogP contribution in [0.4, 0.5) is 5.82 Å². The molecule has 0 spiro atoms. The summed E-state index contributed by atoms with van der Waals surface area (Å²) in [5.74, 6) is -0.00792. The van der Waals surface area contributed by atoms with Gasteiger partial charge < -0.3 is 11.1 Å². The van der Waals surface area contributed by atoms with Gasteiger partial charge in [-0.3, -0.25) is 9.36 Å². The van der Waals surface area contributed by atoms with Crippen LogP contribution in [0.3, 0.4) is 0 Å². The van der Waals surface area contributed by atoms with E-state index in [0.717, 1.165) is 11.9 Å². The van der Waals surface area contributed by atoms with Gasteiger partial charge in [0.1, 0.15) is 16.9 Å². The first-order chi connectivity index (χ1) is 13.5. The third-order valence-electron chi connectivity index (χ3n) is 4.81. The smallest absolute Gasteiger partial charge is 0.257 e. The fraction of sp³-hybridized carbons (Fsp3) is 0.190. The van der Waals surface area contributed by atoms with E-state index in [9.17, 15) is 4.79 Å². The molecule has 4 aromatic rings. The number of nitrogens with zero attached hydrogens (tertiary/aromatic N) is 3. The number of nitrogens with one attached hydrogen (secondary N) is 1. The molecule has 28 heavy (non-hydrogen) atoms. The van der Waals surface area contributed by atoms with Gasteiger partial charge in [0, 0.05) is 6.04 Å². The van der Waals surface area contributed by atoms with Crippen LogP contribution < -0.4 is 11.1 Å². The number of hydrogen-bond acceptors (Lipinski definition) is 4. The normalized spacial score (nSPS) is 12.4. The molecule has 0 saturated carbocycles. The molecule has 0 aliphatic rings. The lowest BCUT2D eigenvalue weighted by Gasteiger charge is -2.12. The molecular formula is C21H20ClN5O. The van der Waals surface area contributed by atoms with Crippen molar-refractivity contribution in [3.8, 4) is 5.69 Å². The second kappa shape index (κ2) is 7.13. The highest BCUT2D eigenvalue weighted by Crippen LogP contribution is 2.33. The minimum Gasteiger partial charge on any atom is -0.384 e. The summed E-state index contributed by atoms with van der Waals surface area (Å²) in [6.07, 6.45) is 0.809. The van der Waals surface area contributed by atoms with E-state index in [1.807, 2.05) is 56.3 Å². The molecule has 1 unspecified atom stereocenters. The van der Waals surface area contributed by atoms with Crippen LogP contribution >= 0.6 is 11.6 Å². The van der Waals surface area contributed by atoms with Crippen molar-refractivity contribution in [2.45, 2.75) is 26.3 Å². The SMILES string of the molecule is CCC(C)NC(=O)c1c(N)n(-c2ccccc2Cl)c2nc3ccccc3nc12. The van der Waals surface area contributed by atoms with Crippen LogP contribution in [0.1, 0.15) is 30.6 Å². The van der Waals surface area contributed by atoms with Crippen LogP contribution in [-0.4, -0.2) is 26.5 Å². The lowest BCUT2D eigenvalue weighted by Crippen LogP contribution is -2.32. The van der Waals surface area contributed by atoms with Crippen molar-refractivity contribution in [3.05, 3.63) is 59.1 Å². The van der Waals surface area contributed by atoms with E-state index in [4.69, 9.17) is 27.3 Å². The van der Waals surface area contributed by atoms with Gasteiger partial charge in [0.15, 0.2) is 5.65 Å². The minimum atomic E-state index is -0.271. The Bertz CT molecular complexity index is 1200. The Morgan fingerprint density at radius 3 is 2.46 bits per heavy atom. The summed E-state index contributed by atoms with van der Waals surface area (Å²) >= 11 is 6.42. The Labute approximate surface area is 167 Å². The van der Waals surface area contributed by atoms with E-state index in [1.165, 1.54) is 0 Å². The number of amides is 1. The summed E-state index contributed by atoms with van der Waals surface area (Å²) in [6.45, 7) is 3.96. The average Bonchev–Trinajstić information content (AvgIpc) is 2.97. The molecule has 6 nitrogen and oxygen atoms in total. The van der Waals surface area contributed by atoms with Crippen molar-refractivity contribution >= 4 is 45.5 Å². The highest BCUT2D eigenvalue weighted by Gasteiger charge is 2.26. The number of carbonyl (C=O) groups excluding carboxylic acids is 1. The number of carbonyl (C=O) groups is 1. The molecular weight excluding hydrogens is 374 g/mol. The fourth-order valence-electron chi connectivity index (χ4n) is 3.16. The van der Waals surface area contributed by atoms with Crippen LogP contribution in [0.15, 0.2) is 48.5 Å². The largest absolute Gasteiger partial charge is 0.384 e. The molecule has 7 heteroatoms. The fourth-order valence-corrected chi connectivity index (χ4v) is 3.38. The van der Waals surface area contributed by atoms with Gasteiger partial charge in [-0.2, -0.15) is 0 Å². The predicted octanol–water partition coefficient (Wildman–Crippen LogP) is 4.34. The quantitative estimate of drug-likeness (QED) is 0.540. The number of fused-ring (bicyclic) bond motifs is 2. The first-order valence-electron chi connectivity index (χ1n) is 9.13. The highest BCUT2D eigenvalue weighted by atomic mass is 35.5. The number of halogens is 1. The Kier molecular flexibility index (Phi) is 4.65. The topological polar surface area (TPSA) is 85.8 Å². The Balaban J connectivity index is 2.06. The van der Waals surface area contributed by atoms with Crippen LogP contribution in [0.5, 0.6) is 0 Å². The molecule has 0 aliphatic heterocycles. The zero-order valence-corrected chi connectivity index (χ0v) is 16.4. The summed E-state index contributed by atoms with van der Waals surface area (Å²) in [7, 11) is 0. The van der Waals surface area contributed by atoms with E-state index < -0.39 is 0 Å². The number of hydrogen-bond donors (Lipinski definition) is 2. The van der Waals surface area contributed by atoms with E-state index in [0.29, 0.717) is 33.0 Å². The lowest BCUT2D eigenvalue weighted by molar-refractivity contribution is 0.0941. The third kappa shape index (κ3) is 2.96. The molecule has 2 aromatic carbocycles. The molecule has 0 fully saturated rings. The highest BCUT2D eigenvalue weighted by molar-refractivity contribution is 6.32. The Hall–Kier alpha value is -3.12. The number of anilines is 1. The van der Waals surface area contributed by atoms with Crippen molar-refractivity contribution in [2.75, 3.05) is 5.73 Å². The zero-order valence-electron chi connectivity index (χ0n) is 15.6. The van der Waals surface area contributed by atoms with E-state index in [1.54, 1.807) is 10.6 Å². The molecule has 2 heterocycles. The van der Waals surface area contributed by atoms with Crippen molar-refractivity contribution in [2.24, 2.45) is 0 Å². The molecule has 0 aliphatic carbocycles. The van der Waals surface area contributed by atoms with Crippen LogP contribution in [0, 0.1) is 0 Å². The second-order valence-electron chi connectivity index (χ2n) is 6.71. The van der Waals surface area contributed by atoms with Crippen LogP contribution in [0.25, 0.3) is 27.9 Å². The number of nitrogen functional groups attached to an aromatic ring is 1. The Morgan fingerprint density at radius 2 is 1.79 bits per heavy atom. The van der Waals surface area contributed by atoms with Crippen molar-refractivity contribution in [1.29, 1.82) is 0 Å². The minimum absolute atomic E-state index is 0.0130. The van der Waals surface area contributed by atoms with Gasteiger partial charge in [0.25, 0.3) is 5.91 Å². The van der Waals surface area contributed by atoms with Gasteiger partial charge >= 0.3 is 0 Å².